The van der Waals surface area contributed by atoms with Crippen molar-refractivity contribution in [2.75, 3.05) is 37.5 Å². The molecule has 1 rings (SSSR count). The molecule has 0 spiro atoms. The molecule has 0 aliphatic carbocycles. The van der Waals surface area contributed by atoms with Gasteiger partial charge in [-0.05, 0) is 25.5 Å². The smallest absolute Gasteiger partial charge is 0.209 e. The fraction of sp³-hybridized carbons (Fsp3) is 0.571. The van der Waals surface area contributed by atoms with Gasteiger partial charge in [-0.1, -0.05) is 0 Å². The van der Waals surface area contributed by atoms with E-state index in [9.17, 15) is 0 Å². The summed E-state index contributed by atoms with van der Waals surface area (Å²) in [6.07, 6.45) is 6.64. The van der Waals surface area contributed by atoms with E-state index in [2.05, 4.69) is 30.9 Å². The lowest BCUT2D eigenvalue weighted by Gasteiger charge is -2.06. The van der Waals surface area contributed by atoms with Gasteiger partial charge in [0.15, 0.2) is 11.1 Å². The molecule has 10 heteroatoms. The average molecular weight is 369 g/mol. The average Bonchev–Trinajstić information content (AvgIpc) is 3.01. The van der Waals surface area contributed by atoms with Crippen molar-refractivity contribution in [1.29, 1.82) is 5.26 Å². The molecular formula is C14H24N8S2. The minimum absolute atomic E-state index is 0.408. The third kappa shape index (κ3) is 8.59. The van der Waals surface area contributed by atoms with Crippen molar-refractivity contribution < 1.29 is 0 Å². The third-order valence-corrected chi connectivity index (χ3v) is 4.31. The minimum atomic E-state index is 0.408. The molecule has 0 aliphatic heterocycles. The standard InChI is InChI=1S/C14H24N8S2/c1-17-13(20-10-15)19-6-4-3-5-11-9-24-14(21-11)22-12(16)18-7-8-23-2/h9H,3-8H2,1-2H3,(H2,17,19,20)(H3,16,18,21,22). The number of thiazole rings is 1. The Morgan fingerprint density at radius 2 is 2.33 bits per heavy atom. The van der Waals surface area contributed by atoms with E-state index in [0.717, 1.165) is 42.4 Å². The van der Waals surface area contributed by atoms with Crippen molar-refractivity contribution in [2.45, 2.75) is 19.3 Å². The molecule has 0 saturated heterocycles. The highest BCUT2D eigenvalue weighted by Gasteiger charge is 2.03. The number of hydrogen-bond acceptors (Lipinski definition) is 6. The maximum Gasteiger partial charge on any atom is 0.209 e. The molecule has 132 valence electrons. The molecule has 0 fully saturated rings. The molecule has 0 bridgehead atoms. The van der Waals surface area contributed by atoms with Gasteiger partial charge >= 0.3 is 0 Å². The summed E-state index contributed by atoms with van der Waals surface area (Å²) in [6, 6.07) is 0. The predicted molar refractivity (Wildman–Crippen MR) is 104 cm³/mol. The van der Waals surface area contributed by atoms with E-state index in [1.807, 2.05) is 11.6 Å². The van der Waals surface area contributed by atoms with Crippen LogP contribution in [-0.2, 0) is 6.42 Å². The zero-order valence-electron chi connectivity index (χ0n) is 14.0. The first-order chi connectivity index (χ1) is 11.7. The van der Waals surface area contributed by atoms with Gasteiger partial charge in [0.1, 0.15) is 0 Å². The lowest BCUT2D eigenvalue weighted by Crippen LogP contribution is -2.35. The number of rotatable bonds is 9. The number of aliphatic imine (C=N–C) groups is 2. The molecule has 0 unspecified atom stereocenters. The quantitative estimate of drug-likeness (QED) is 0.223. The molecule has 1 heterocycles. The van der Waals surface area contributed by atoms with Crippen LogP contribution in [0.4, 0.5) is 5.13 Å². The number of nitrogens with one attached hydrogen (secondary N) is 3. The Labute approximate surface area is 151 Å². The molecule has 0 atom stereocenters. The van der Waals surface area contributed by atoms with Crippen molar-refractivity contribution in [3.8, 4) is 6.19 Å². The van der Waals surface area contributed by atoms with Gasteiger partial charge in [0.05, 0.1) is 12.2 Å². The number of thioether (sulfide) groups is 1. The second-order valence-electron chi connectivity index (χ2n) is 4.72. The number of aromatic nitrogens is 1. The summed E-state index contributed by atoms with van der Waals surface area (Å²) in [6.45, 7) is 1.46. The van der Waals surface area contributed by atoms with Crippen LogP contribution in [0.25, 0.3) is 0 Å². The normalized spacial score (nSPS) is 11.9. The maximum atomic E-state index is 8.50. The lowest BCUT2D eigenvalue weighted by atomic mass is 10.2. The topological polar surface area (TPSA) is 124 Å². The summed E-state index contributed by atoms with van der Waals surface area (Å²) < 4.78 is 0. The van der Waals surface area contributed by atoms with Crippen LogP contribution in [0, 0.1) is 11.5 Å². The number of unbranched alkanes of at least 4 members (excludes halogenated alkanes) is 1. The summed E-state index contributed by atoms with van der Waals surface area (Å²) in [7, 11) is 1.73. The second kappa shape index (κ2) is 12.4. The Morgan fingerprint density at radius 3 is 3.04 bits per heavy atom. The maximum absolute atomic E-state index is 8.50. The molecule has 1 aromatic heterocycles. The molecule has 24 heavy (non-hydrogen) atoms. The molecule has 0 amide bonds. The van der Waals surface area contributed by atoms with Gasteiger partial charge < -0.3 is 21.7 Å². The van der Waals surface area contributed by atoms with Crippen LogP contribution in [0.15, 0.2) is 15.4 Å². The predicted octanol–water partition coefficient (Wildman–Crippen LogP) is 1.20. The number of nitrogens with two attached hydrogens (primary N) is 1. The molecule has 0 radical (unpaired) electrons. The summed E-state index contributed by atoms with van der Waals surface area (Å²) in [5.41, 5.74) is 6.85. The van der Waals surface area contributed by atoms with Crippen LogP contribution in [0.2, 0.25) is 0 Å². The van der Waals surface area contributed by atoms with E-state index in [1.165, 1.54) is 11.3 Å². The fourth-order valence-electron chi connectivity index (χ4n) is 1.76. The number of aryl methyl sites for hydroxylation is 1. The summed E-state index contributed by atoms with van der Waals surface area (Å²) in [5, 5.41) is 20.2. The zero-order valence-corrected chi connectivity index (χ0v) is 15.6. The van der Waals surface area contributed by atoms with Crippen LogP contribution in [0.1, 0.15) is 18.5 Å². The Bertz CT molecular complexity index is 576. The summed E-state index contributed by atoms with van der Waals surface area (Å²) in [5.74, 6) is 1.85. The monoisotopic (exact) mass is 368 g/mol. The highest BCUT2D eigenvalue weighted by Crippen LogP contribution is 2.16. The van der Waals surface area contributed by atoms with E-state index in [4.69, 9.17) is 11.0 Å². The van der Waals surface area contributed by atoms with Crippen LogP contribution >= 0.6 is 23.1 Å². The first-order valence-electron chi connectivity index (χ1n) is 7.58. The van der Waals surface area contributed by atoms with E-state index in [1.54, 1.807) is 25.0 Å². The van der Waals surface area contributed by atoms with Gasteiger partial charge in [0.2, 0.25) is 12.2 Å². The van der Waals surface area contributed by atoms with Crippen LogP contribution < -0.4 is 21.7 Å². The van der Waals surface area contributed by atoms with E-state index in [-0.39, 0.29) is 0 Å². The van der Waals surface area contributed by atoms with Gasteiger partial charge in [-0.25, -0.2) is 4.98 Å². The van der Waals surface area contributed by atoms with Crippen LogP contribution in [0.3, 0.4) is 0 Å². The van der Waals surface area contributed by atoms with Gasteiger partial charge in [-0.2, -0.15) is 17.0 Å². The van der Waals surface area contributed by atoms with Crippen molar-refractivity contribution in [3.05, 3.63) is 11.1 Å². The van der Waals surface area contributed by atoms with Gasteiger partial charge in [-0.15, -0.1) is 16.3 Å². The Morgan fingerprint density at radius 1 is 1.50 bits per heavy atom. The van der Waals surface area contributed by atoms with E-state index in [0.29, 0.717) is 18.5 Å². The molecular weight excluding hydrogens is 344 g/mol. The molecule has 0 aliphatic rings. The minimum Gasteiger partial charge on any atom is -0.370 e. The molecule has 0 aromatic carbocycles. The molecule has 1 aromatic rings. The SMILES string of the molecule is CN/C(=N/C#N)NCCCCc1csc(N/C(N)=N\CCSC)n1. The molecule has 0 saturated carbocycles. The number of nitrogens with zero attached hydrogens (tertiary/aromatic N) is 4. The fourth-order valence-corrected chi connectivity index (χ4v) is 2.78. The number of anilines is 1. The number of nitriles is 1. The van der Waals surface area contributed by atoms with Crippen LogP contribution in [0.5, 0.6) is 0 Å². The van der Waals surface area contributed by atoms with E-state index < -0.39 is 0 Å². The second-order valence-corrected chi connectivity index (χ2v) is 6.57. The summed E-state index contributed by atoms with van der Waals surface area (Å²) >= 11 is 3.26. The summed E-state index contributed by atoms with van der Waals surface area (Å²) in [4.78, 5) is 12.3. The number of hydrogen-bond donors (Lipinski definition) is 4. The first-order valence-corrected chi connectivity index (χ1v) is 9.85. The van der Waals surface area contributed by atoms with Crippen molar-refractivity contribution >= 4 is 40.1 Å². The lowest BCUT2D eigenvalue weighted by molar-refractivity contribution is 0.696. The van der Waals surface area contributed by atoms with Crippen molar-refractivity contribution in [2.24, 2.45) is 15.7 Å². The Balaban J connectivity index is 2.26. The first kappa shape index (κ1) is 20.1. The Hall–Kier alpha value is -1.99. The van der Waals surface area contributed by atoms with E-state index >= 15 is 0 Å². The van der Waals surface area contributed by atoms with Gasteiger partial charge in [0.25, 0.3) is 0 Å². The third-order valence-electron chi connectivity index (χ3n) is 2.92. The van der Waals surface area contributed by atoms with Crippen molar-refractivity contribution in [3.63, 3.8) is 0 Å². The number of guanidine groups is 2. The van der Waals surface area contributed by atoms with Crippen molar-refractivity contribution in [1.82, 2.24) is 15.6 Å². The molecule has 5 N–H and O–H groups in total. The van der Waals surface area contributed by atoms with Gasteiger partial charge in [-0.3, -0.25) is 4.99 Å². The van der Waals surface area contributed by atoms with Crippen LogP contribution in [-0.4, -0.2) is 49.0 Å². The van der Waals surface area contributed by atoms with Gasteiger partial charge in [0, 0.05) is 24.7 Å². The largest absolute Gasteiger partial charge is 0.370 e. The zero-order chi connectivity index (χ0) is 17.6. The highest BCUT2D eigenvalue weighted by molar-refractivity contribution is 7.98. The highest BCUT2D eigenvalue weighted by atomic mass is 32.2. The molecule has 8 nitrogen and oxygen atoms in total. The Kier molecular flexibility index (Phi) is 10.4.